The van der Waals surface area contributed by atoms with Crippen LogP contribution in [0.25, 0.3) is 11.3 Å². The molecule has 76 valence electrons. The average molecular weight is 218 g/mol. The van der Waals surface area contributed by atoms with E-state index >= 15 is 0 Å². The van der Waals surface area contributed by atoms with Crippen molar-refractivity contribution in [1.29, 1.82) is 0 Å². The molecule has 0 unspecified atom stereocenters. The highest BCUT2D eigenvalue weighted by Crippen LogP contribution is 2.26. The predicted molar refractivity (Wildman–Crippen MR) is 63.0 cm³/mol. The lowest BCUT2D eigenvalue weighted by atomic mass is 10.2. The predicted octanol–water partition coefficient (Wildman–Crippen LogP) is 1.72. The van der Waals surface area contributed by atoms with Gasteiger partial charge in [-0.15, -0.1) is 11.3 Å². The maximum absolute atomic E-state index is 5.27. The van der Waals surface area contributed by atoms with Crippen molar-refractivity contribution in [2.75, 3.05) is 0 Å². The van der Waals surface area contributed by atoms with Crippen LogP contribution in [0.3, 0.4) is 0 Å². The third-order valence-corrected chi connectivity index (χ3v) is 2.52. The fraction of sp³-hybridized carbons (Fsp3) is 0. The lowest BCUT2D eigenvalue weighted by molar-refractivity contribution is 1.33. The highest BCUT2D eigenvalue weighted by molar-refractivity contribution is 7.13. The van der Waals surface area contributed by atoms with Crippen molar-refractivity contribution in [2.24, 2.45) is 16.5 Å². The van der Waals surface area contributed by atoms with Gasteiger partial charge in [0, 0.05) is 10.9 Å². The molecular formula is C10H10N4S. The van der Waals surface area contributed by atoms with Gasteiger partial charge < -0.3 is 11.5 Å². The molecular weight excluding hydrogens is 208 g/mol. The number of thiazole rings is 1. The topological polar surface area (TPSA) is 77.3 Å². The summed E-state index contributed by atoms with van der Waals surface area (Å²) in [5, 5.41) is 2.51. The standard InChI is InChI=1S/C10H10N4S/c11-9(12)14-10-13-8(6-15-10)7-4-2-1-3-5-7/h1-6H,(H4,11,12,13,14). The summed E-state index contributed by atoms with van der Waals surface area (Å²) in [6.45, 7) is 0. The minimum atomic E-state index is 0.0314. The van der Waals surface area contributed by atoms with Crippen molar-refractivity contribution in [3.05, 3.63) is 35.7 Å². The summed E-state index contributed by atoms with van der Waals surface area (Å²) in [7, 11) is 0. The monoisotopic (exact) mass is 218 g/mol. The van der Waals surface area contributed by atoms with Crippen molar-refractivity contribution in [1.82, 2.24) is 4.98 Å². The zero-order chi connectivity index (χ0) is 10.7. The zero-order valence-corrected chi connectivity index (χ0v) is 8.74. The number of nitrogens with zero attached hydrogens (tertiary/aromatic N) is 2. The van der Waals surface area contributed by atoms with E-state index in [-0.39, 0.29) is 5.96 Å². The van der Waals surface area contributed by atoms with E-state index in [2.05, 4.69) is 9.98 Å². The molecule has 0 atom stereocenters. The third kappa shape index (κ3) is 2.32. The first kappa shape index (κ1) is 9.67. The quantitative estimate of drug-likeness (QED) is 0.595. The summed E-state index contributed by atoms with van der Waals surface area (Å²) in [6, 6.07) is 9.89. The lowest BCUT2D eigenvalue weighted by Gasteiger charge is -1.93. The fourth-order valence-electron chi connectivity index (χ4n) is 1.17. The maximum Gasteiger partial charge on any atom is 0.212 e. The molecule has 15 heavy (non-hydrogen) atoms. The fourth-order valence-corrected chi connectivity index (χ4v) is 1.88. The summed E-state index contributed by atoms with van der Waals surface area (Å²) < 4.78 is 0. The molecule has 0 saturated carbocycles. The zero-order valence-electron chi connectivity index (χ0n) is 7.92. The molecule has 4 nitrogen and oxygen atoms in total. The molecule has 4 N–H and O–H groups in total. The number of hydrogen-bond donors (Lipinski definition) is 2. The summed E-state index contributed by atoms with van der Waals surface area (Å²) in [4.78, 5) is 8.18. The third-order valence-electron chi connectivity index (χ3n) is 1.79. The van der Waals surface area contributed by atoms with E-state index in [4.69, 9.17) is 11.5 Å². The molecule has 1 heterocycles. The van der Waals surface area contributed by atoms with Gasteiger partial charge in [-0.2, -0.15) is 4.99 Å². The number of hydrogen-bond acceptors (Lipinski definition) is 3. The molecule has 0 aliphatic carbocycles. The summed E-state index contributed by atoms with van der Waals surface area (Å²) in [6.07, 6.45) is 0. The first-order valence-corrected chi connectivity index (χ1v) is 5.24. The Morgan fingerprint density at radius 2 is 1.93 bits per heavy atom. The molecule has 0 aliphatic rings. The van der Waals surface area contributed by atoms with Gasteiger partial charge in [0.25, 0.3) is 0 Å². The Morgan fingerprint density at radius 3 is 2.60 bits per heavy atom. The van der Waals surface area contributed by atoms with Crippen LogP contribution in [0.5, 0.6) is 0 Å². The van der Waals surface area contributed by atoms with Crippen LogP contribution >= 0.6 is 11.3 Å². The first-order chi connectivity index (χ1) is 7.25. The minimum Gasteiger partial charge on any atom is -0.370 e. The van der Waals surface area contributed by atoms with E-state index in [0.717, 1.165) is 11.3 Å². The second-order valence-corrected chi connectivity index (χ2v) is 3.75. The summed E-state index contributed by atoms with van der Waals surface area (Å²) in [5.74, 6) is 0.0314. The minimum absolute atomic E-state index is 0.0314. The summed E-state index contributed by atoms with van der Waals surface area (Å²) >= 11 is 1.41. The Morgan fingerprint density at radius 1 is 1.20 bits per heavy atom. The van der Waals surface area contributed by atoms with Gasteiger partial charge in [0.15, 0.2) is 5.96 Å². The Labute approximate surface area is 91.3 Å². The molecule has 0 saturated heterocycles. The molecule has 2 aromatic rings. The van der Waals surface area contributed by atoms with E-state index in [0.29, 0.717) is 5.13 Å². The molecule has 0 bridgehead atoms. The van der Waals surface area contributed by atoms with E-state index in [1.165, 1.54) is 11.3 Å². The smallest absolute Gasteiger partial charge is 0.212 e. The van der Waals surface area contributed by atoms with Crippen LogP contribution in [0.4, 0.5) is 5.13 Å². The highest BCUT2D eigenvalue weighted by Gasteiger charge is 2.02. The highest BCUT2D eigenvalue weighted by atomic mass is 32.1. The Kier molecular flexibility index (Phi) is 2.64. The second kappa shape index (κ2) is 4.10. The van der Waals surface area contributed by atoms with Crippen LogP contribution in [0.15, 0.2) is 40.7 Å². The van der Waals surface area contributed by atoms with Crippen molar-refractivity contribution in [3.8, 4) is 11.3 Å². The van der Waals surface area contributed by atoms with Gasteiger partial charge in [0.05, 0.1) is 5.69 Å². The SMILES string of the molecule is NC(N)=Nc1nc(-c2ccccc2)cs1. The molecule has 0 radical (unpaired) electrons. The average Bonchev–Trinajstić information content (AvgIpc) is 2.67. The van der Waals surface area contributed by atoms with Crippen molar-refractivity contribution in [2.45, 2.75) is 0 Å². The lowest BCUT2D eigenvalue weighted by Crippen LogP contribution is -2.21. The number of rotatable bonds is 2. The Hall–Kier alpha value is -1.88. The van der Waals surface area contributed by atoms with Crippen LogP contribution < -0.4 is 11.5 Å². The van der Waals surface area contributed by atoms with Crippen LogP contribution in [0.2, 0.25) is 0 Å². The number of aromatic nitrogens is 1. The van der Waals surface area contributed by atoms with Crippen LogP contribution in [-0.2, 0) is 0 Å². The number of aliphatic imine (C=N–C) groups is 1. The second-order valence-electron chi connectivity index (χ2n) is 2.92. The Balaban J connectivity index is 2.32. The van der Waals surface area contributed by atoms with Gasteiger partial charge in [0.1, 0.15) is 0 Å². The molecule has 2 rings (SSSR count). The van der Waals surface area contributed by atoms with Gasteiger partial charge in [-0.05, 0) is 0 Å². The Bertz CT molecular complexity index is 471. The van der Waals surface area contributed by atoms with E-state index in [1.807, 2.05) is 35.7 Å². The van der Waals surface area contributed by atoms with Crippen molar-refractivity contribution in [3.63, 3.8) is 0 Å². The molecule has 5 heteroatoms. The number of benzene rings is 1. The molecule has 1 aromatic carbocycles. The number of nitrogens with two attached hydrogens (primary N) is 2. The molecule has 0 fully saturated rings. The van der Waals surface area contributed by atoms with E-state index < -0.39 is 0 Å². The van der Waals surface area contributed by atoms with Crippen molar-refractivity contribution < 1.29 is 0 Å². The van der Waals surface area contributed by atoms with Gasteiger partial charge in [0.2, 0.25) is 5.13 Å². The van der Waals surface area contributed by atoms with E-state index in [9.17, 15) is 0 Å². The van der Waals surface area contributed by atoms with Gasteiger partial charge in [-0.3, -0.25) is 0 Å². The molecule has 0 spiro atoms. The van der Waals surface area contributed by atoms with Crippen molar-refractivity contribution >= 4 is 22.4 Å². The first-order valence-electron chi connectivity index (χ1n) is 4.36. The summed E-state index contributed by atoms with van der Waals surface area (Å²) in [5.41, 5.74) is 12.5. The molecule has 0 amide bonds. The van der Waals surface area contributed by atoms with E-state index in [1.54, 1.807) is 0 Å². The van der Waals surface area contributed by atoms with Crippen LogP contribution in [0, 0.1) is 0 Å². The van der Waals surface area contributed by atoms with Crippen LogP contribution in [0.1, 0.15) is 0 Å². The number of guanidine groups is 1. The maximum atomic E-state index is 5.27. The van der Waals surface area contributed by atoms with Gasteiger partial charge in [-0.25, -0.2) is 4.98 Å². The normalized spacial score (nSPS) is 9.87. The molecule has 1 aromatic heterocycles. The molecule has 0 aliphatic heterocycles. The largest absolute Gasteiger partial charge is 0.370 e. The van der Waals surface area contributed by atoms with Gasteiger partial charge in [-0.1, -0.05) is 30.3 Å². The van der Waals surface area contributed by atoms with Crippen LogP contribution in [-0.4, -0.2) is 10.9 Å². The van der Waals surface area contributed by atoms with Gasteiger partial charge >= 0.3 is 0 Å².